The van der Waals surface area contributed by atoms with Crippen molar-refractivity contribution in [2.24, 2.45) is 4.99 Å². The molecule has 0 aliphatic carbocycles. The Labute approximate surface area is 170 Å². The first-order valence-electron chi connectivity index (χ1n) is 8.44. The van der Waals surface area contributed by atoms with E-state index in [0.29, 0.717) is 15.8 Å². The lowest BCUT2D eigenvalue weighted by Crippen LogP contribution is -2.23. The molecule has 0 saturated heterocycles. The van der Waals surface area contributed by atoms with Gasteiger partial charge in [-0.15, -0.1) is 22.7 Å². The maximum absolute atomic E-state index is 12.1. The fourth-order valence-corrected chi connectivity index (χ4v) is 4.61. The zero-order valence-electron chi connectivity index (χ0n) is 14.6. The van der Waals surface area contributed by atoms with Crippen LogP contribution in [0.15, 0.2) is 46.8 Å². The number of hydrogen-bond donors (Lipinski definition) is 1. The molecule has 1 N–H and O–H groups in total. The molecule has 5 nitrogen and oxygen atoms in total. The fourth-order valence-electron chi connectivity index (χ4n) is 2.82. The van der Waals surface area contributed by atoms with Crippen molar-refractivity contribution in [3.05, 3.63) is 62.2 Å². The Bertz CT molecular complexity index is 993. The Kier molecular flexibility index (Phi) is 5.24. The van der Waals surface area contributed by atoms with Crippen molar-refractivity contribution >= 4 is 46.0 Å². The number of benzene rings is 1. The average Bonchev–Trinajstić information content (AvgIpc) is 3.41. The summed E-state index contributed by atoms with van der Waals surface area (Å²) >= 11 is 8.71. The van der Waals surface area contributed by atoms with Crippen molar-refractivity contribution in [2.75, 3.05) is 20.1 Å². The second-order valence-corrected chi connectivity index (χ2v) is 8.71. The molecule has 4 rings (SSSR count). The molecule has 1 aliphatic heterocycles. The first kappa shape index (κ1) is 18.2. The predicted octanol–water partition coefficient (Wildman–Crippen LogP) is 4.15. The molecule has 0 saturated carbocycles. The zero-order chi connectivity index (χ0) is 18.8. The predicted molar refractivity (Wildman–Crippen MR) is 112 cm³/mol. The summed E-state index contributed by atoms with van der Waals surface area (Å²) in [6, 6.07) is 11.7. The Morgan fingerprint density at radius 1 is 1.22 bits per heavy atom. The largest absolute Gasteiger partial charge is 0.358 e. The van der Waals surface area contributed by atoms with Crippen LogP contribution in [0.2, 0.25) is 4.34 Å². The number of rotatable bonds is 5. The van der Waals surface area contributed by atoms with Crippen LogP contribution in [-0.2, 0) is 6.54 Å². The Morgan fingerprint density at radius 3 is 2.67 bits per heavy atom. The number of thiophene rings is 1. The first-order valence-corrected chi connectivity index (χ1v) is 10.5. The number of likely N-dealkylation sites (N-methyl/N-ethyl adjacent to an activating group) is 1. The highest BCUT2D eigenvalue weighted by Crippen LogP contribution is 2.25. The van der Waals surface area contributed by atoms with Crippen molar-refractivity contribution in [1.29, 1.82) is 0 Å². The monoisotopic (exact) mass is 416 g/mol. The summed E-state index contributed by atoms with van der Waals surface area (Å²) in [5.41, 5.74) is 3.03. The molecule has 1 amide bonds. The number of nitrogens with zero attached hydrogens (tertiary/aromatic N) is 3. The minimum absolute atomic E-state index is 0.132. The SMILES string of the molecule is CN1CCN=C1c1ccc(-c2nc(CNC(=O)c3ccc(Cl)s3)cs2)cc1. The van der Waals surface area contributed by atoms with Crippen LogP contribution in [0.25, 0.3) is 10.6 Å². The molecule has 1 aromatic carbocycles. The van der Waals surface area contributed by atoms with Gasteiger partial charge >= 0.3 is 0 Å². The molecule has 8 heteroatoms. The molecule has 0 radical (unpaired) electrons. The lowest BCUT2D eigenvalue weighted by molar-refractivity contribution is 0.0954. The van der Waals surface area contributed by atoms with Crippen molar-refractivity contribution in [2.45, 2.75) is 6.54 Å². The van der Waals surface area contributed by atoms with Gasteiger partial charge in [0.1, 0.15) is 10.8 Å². The zero-order valence-corrected chi connectivity index (χ0v) is 17.0. The van der Waals surface area contributed by atoms with Gasteiger partial charge in [-0.1, -0.05) is 35.9 Å². The van der Waals surface area contributed by atoms with E-state index in [1.807, 2.05) is 5.38 Å². The van der Waals surface area contributed by atoms with Crippen LogP contribution >= 0.6 is 34.3 Å². The number of amidine groups is 1. The molecule has 138 valence electrons. The summed E-state index contributed by atoms with van der Waals surface area (Å²) in [5.74, 6) is 0.907. The van der Waals surface area contributed by atoms with E-state index in [0.717, 1.165) is 40.8 Å². The van der Waals surface area contributed by atoms with Crippen molar-refractivity contribution < 1.29 is 4.79 Å². The lowest BCUT2D eigenvalue weighted by atomic mass is 10.1. The third-order valence-electron chi connectivity index (χ3n) is 4.23. The number of hydrogen-bond acceptors (Lipinski definition) is 6. The first-order chi connectivity index (χ1) is 13.1. The summed E-state index contributed by atoms with van der Waals surface area (Å²) in [6.07, 6.45) is 0. The molecule has 2 aromatic heterocycles. The van der Waals surface area contributed by atoms with Crippen molar-refractivity contribution in [1.82, 2.24) is 15.2 Å². The molecular weight excluding hydrogens is 400 g/mol. The van der Waals surface area contributed by atoms with Gasteiger partial charge in [0.05, 0.1) is 28.0 Å². The van der Waals surface area contributed by atoms with Gasteiger partial charge < -0.3 is 10.2 Å². The highest BCUT2D eigenvalue weighted by Gasteiger charge is 2.15. The van der Waals surface area contributed by atoms with E-state index in [-0.39, 0.29) is 5.91 Å². The van der Waals surface area contributed by atoms with E-state index in [1.54, 1.807) is 23.5 Å². The van der Waals surface area contributed by atoms with Crippen LogP contribution in [0.4, 0.5) is 0 Å². The van der Waals surface area contributed by atoms with Gasteiger partial charge in [-0.3, -0.25) is 9.79 Å². The van der Waals surface area contributed by atoms with E-state index in [1.165, 1.54) is 11.3 Å². The van der Waals surface area contributed by atoms with E-state index < -0.39 is 0 Å². The maximum atomic E-state index is 12.1. The van der Waals surface area contributed by atoms with Gasteiger partial charge in [0, 0.05) is 30.1 Å². The van der Waals surface area contributed by atoms with E-state index in [4.69, 9.17) is 11.6 Å². The van der Waals surface area contributed by atoms with Gasteiger partial charge in [0.2, 0.25) is 0 Å². The van der Waals surface area contributed by atoms with Gasteiger partial charge in [-0.2, -0.15) is 0 Å². The molecule has 1 aliphatic rings. The number of amides is 1. The second kappa shape index (κ2) is 7.80. The van der Waals surface area contributed by atoms with Gasteiger partial charge in [-0.25, -0.2) is 4.98 Å². The topological polar surface area (TPSA) is 57.6 Å². The average molecular weight is 417 g/mol. The molecule has 0 atom stereocenters. The quantitative estimate of drug-likeness (QED) is 0.679. The van der Waals surface area contributed by atoms with Crippen LogP contribution < -0.4 is 5.32 Å². The molecule has 0 fully saturated rings. The summed E-state index contributed by atoms with van der Waals surface area (Å²) in [5, 5.41) is 5.79. The van der Waals surface area contributed by atoms with E-state index in [2.05, 4.69) is 51.5 Å². The molecule has 3 heterocycles. The molecular formula is C19H17ClN4OS2. The molecule has 27 heavy (non-hydrogen) atoms. The third kappa shape index (κ3) is 4.05. The summed E-state index contributed by atoms with van der Waals surface area (Å²) in [7, 11) is 2.06. The maximum Gasteiger partial charge on any atom is 0.261 e. The van der Waals surface area contributed by atoms with Crippen LogP contribution in [0.3, 0.4) is 0 Å². The normalized spacial score (nSPS) is 13.7. The summed E-state index contributed by atoms with van der Waals surface area (Å²) in [4.78, 5) is 24.0. The number of carbonyl (C=O) groups is 1. The van der Waals surface area contributed by atoms with Crippen LogP contribution in [0.1, 0.15) is 20.9 Å². The molecule has 0 spiro atoms. The highest BCUT2D eigenvalue weighted by molar-refractivity contribution is 7.18. The number of thiazole rings is 1. The number of aliphatic imine (C=N–C) groups is 1. The molecule has 0 unspecified atom stereocenters. The van der Waals surface area contributed by atoms with E-state index >= 15 is 0 Å². The standard InChI is InChI=1S/C19H17ClN4OS2/c1-24-9-8-21-17(24)12-2-4-13(5-3-12)19-23-14(11-26-19)10-22-18(25)15-6-7-16(20)27-15/h2-7,11H,8-10H2,1H3,(H,22,25). The van der Waals surface area contributed by atoms with Gasteiger partial charge in [-0.05, 0) is 12.1 Å². The van der Waals surface area contributed by atoms with Crippen LogP contribution in [0, 0.1) is 0 Å². The smallest absolute Gasteiger partial charge is 0.261 e. The number of carbonyl (C=O) groups excluding carboxylic acids is 1. The third-order valence-corrected chi connectivity index (χ3v) is 6.40. The number of aromatic nitrogens is 1. The second-order valence-electron chi connectivity index (χ2n) is 6.13. The van der Waals surface area contributed by atoms with Crippen LogP contribution in [-0.4, -0.2) is 41.8 Å². The van der Waals surface area contributed by atoms with Crippen LogP contribution in [0.5, 0.6) is 0 Å². The van der Waals surface area contributed by atoms with Gasteiger partial charge in [0.25, 0.3) is 5.91 Å². The van der Waals surface area contributed by atoms with Crippen molar-refractivity contribution in [3.8, 4) is 10.6 Å². The minimum atomic E-state index is -0.132. The molecule has 0 bridgehead atoms. The summed E-state index contributed by atoms with van der Waals surface area (Å²) in [6.45, 7) is 2.22. The Morgan fingerprint density at radius 2 is 2.00 bits per heavy atom. The Balaban J connectivity index is 1.41. The van der Waals surface area contributed by atoms with Gasteiger partial charge in [0.15, 0.2) is 0 Å². The fraction of sp³-hybridized carbons (Fsp3) is 0.211. The minimum Gasteiger partial charge on any atom is -0.358 e. The van der Waals surface area contributed by atoms with Crippen molar-refractivity contribution in [3.63, 3.8) is 0 Å². The van der Waals surface area contributed by atoms with E-state index in [9.17, 15) is 4.79 Å². The number of halogens is 1. The highest BCUT2D eigenvalue weighted by atomic mass is 35.5. The lowest BCUT2D eigenvalue weighted by Gasteiger charge is -2.13. The Hall–Kier alpha value is -2.22. The summed E-state index contributed by atoms with van der Waals surface area (Å²) < 4.78 is 0.606. The molecule has 3 aromatic rings. The number of nitrogens with one attached hydrogen (secondary N) is 1.